The smallest absolute Gasteiger partial charge is 0.0171 e. The van der Waals surface area contributed by atoms with E-state index in [1.54, 1.807) is 5.57 Å². The summed E-state index contributed by atoms with van der Waals surface area (Å²) in [6, 6.07) is 0. The lowest BCUT2D eigenvalue weighted by Crippen LogP contribution is -2.18. The average molecular weight is 249 g/mol. The van der Waals surface area contributed by atoms with Crippen LogP contribution in [0.25, 0.3) is 0 Å². The molecule has 104 valence electrons. The summed E-state index contributed by atoms with van der Waals surface area (Å²) >= 11 is 0. The first-order valence-corrected chi connectivity index (χ1v) is 7.45. The molecule has 0 aromatic heterocycles. The molecule has 4 unspecified atom stereocenters. The summed E-state index contributed by atoms with van der Waals surface area (Å²) in [6.07, 6.45) is 8.33. The van der Waals surface area contributed by atoms with E-state index in [1.165, 1.54) is 19.3 Å². The lowest BCUT2D eigenvalue weighted by molar-refractivity contribution is 0.295. The summed E-state index contributed by atoms with van der Waals surface area (Å²) in [5.41, 5.74) is 1.60. The van der Waals surface area contributed by atoms with E-state index in [1.807, 2.05) is 6.20 Å². The summed E-state index contributed by atoms with van der Waals surface area (Å²) in [4.78, 5) is 2.19. The molecule has 0 saturated heterocycles. The minimum Gasteiger partial charge on any atom is -0.381 e. The van der Waals surface area contributed by atoms with Gasteiger partial charge in [0.25, 0.3) is 0 Å². The molecule has 0 bridgehead atoms. The topological polar surface area (TPSA) is 3.24 Å². The van der Waals surface area contributed by atoms with Crippen LogP contribution in [0.2, 0.25) is 0 Å². The van der Waals surface area contributed by atoms with Gasteiger partial charge in [0.15, 0.2) is 0 Å². The molecule has 0 radical (unpaired) electrons. The highest BCUT2D eigenvalue weighted by Gasteiger charge is 2.38. The second-order valence-electron chi connectivity index (χ2n) is 6.28. The molecule has 1 fully saturated rings. The van der Waals surface area contributed by atoms with Gasteiger partial charge in [-0.05, 0) is 63.0 Å². The summed E-state index contributed by atoms with van der Waals surface area (Å²) in [5, 5.41) is 0. The van der Waals surface area contributed by atoms with E-state index in [4.69, 9.17) is 0 Å². The Kier molecular flexibility index (Phi) is 5.98. The fourth-order valence-electron chi connectivity index (χ4n) is 2.77. The SMILES string of the molecule is C=CN(C)CCC(C)C(C)CC1CC1/C(C)=C/C. The van der Waals surface area contributed by atoms with Crippen molar-refractivity contribution in [3.05, 3.63) is 24.4 Å². The van der Waals surface area contributed by atoms with Crippen molar-refractivity contribution >= 4 is 0 Å². The third-order valence-corrected chi connectivity index (χ3v) is 4.86. The Morgan fingerprint density at radius 3 is 2.61 bits per heavy atom. The van der Waals surface area contributed by atoms with Crippen molar-refractivity contribution in [3.8, 4) is 0 Å². The minimum atomic E-state index is 0.819. The molecule has 4 atom stereocenters. The molecule has 0 amide bonds. The average Bonchev–Trinajstić information content (AvgIpc) is 3.13. The highest BCUT2D eigenvalue weighted by Crippen LogP contribution is 2.48. The molecule has 0 aliphatic heterocycles. The monoisotopic (exact) mass is 249 g/mol. The first kappa shape index (κ1) is 15.3. The number of rotatable bonds is 8. The van der Waals surface area contributed by atoms with Gasteiger partial charge in [0.05, 0.1) is 0 Å². The molecule has 1 aliphatic rings. The van der Waals surface area contributed by atoms with Crippen molar-refractivity contribution in [2.45, 2.75) is 47.0 Å². The van der Waals surface area contributed by atoms with Crippen molar-refractivity contribution in [2.75, 3.05) is 13.6 Å². The first-order valence-electron chi connectivity index (χ1n) is 7.45. The molecule has 1 nitrogen and oxygen atoms in total. The van der Waals surface area contributed by atoms with Gasteiger partial charge in [-0.2, -0.15) is 0 Å². The molecule has 0 aromatic carbocycles. The van der Waals surface area contributed by atoms with Crippen LogP contribution in [0.5, 0.6) is 0 Å². The lowest BCUT2D eigenvalue weighted by atomic mass is 9.87. The van der Waals surface area contributed by atoms with Crippen LogP contribution in [-0.4, -0.2) is 18.5 Å². The Balaban J connectivity index is 2.25. The van der Waals surface area contributed by atoms with E-state index in [-0.39, 0.29) is 0 Å². The van der Waals surface area contributed by atoms with Gasteiger partial charge in [-0.25, -0.2) is 0 Å². The van der Waals surface area contributed by atoms with Crippen LogP contribution in [0.4, 0.5) is 0 Å². The minimum absolute atomic E-state index is 0.819. The molecule has 0 heterocycles. The van der Waals surface area contributed by atoms with Gasteiger partial charge in [0.1, 0.15) is 0 Å². The third-order valence-electron chi connectivity index (χ3n) is 4.86. The second kappa shape index (κ2) is 7.01. The fraction of sp³-hybridized carbons (Fsp3) is 0.765. The van der Waals surface area contributed by atoms with Crippen molar-refractivity contribution in [3.63, 3.8) is 0 Å². The maximum absolute atomic E-state index is 3.80. The Labute approximate surface area is 114 Å². The predicted octanol–water partition coefficient (Wildman–Crippen LogP) is 4.72. The summed E-state index contributed by atoms with van der Waals surface area (Å²) in [7, 11) is 2.11. The van der Waals surface area contributed by atoms with Gasteiger partial charge in [-0.3, -0.25) is 0 Å². The van der Waals surface area contributed by atoms with E-state index in [0.29, 0.717) is 0 Å². The number of hydrogen-bond donors (Lipinski definition) is 0. The highest BCUT2D eigenvalue weighted by atomic mass is 15.1. The van der Waals surface area contributed by atoms with Crippen molar-refractivity contribution in [2.24, 2.45) is 23.7 Å². The van der Waals surface area contributed by atoms with E-state index >= 15 is 0 Å². The van der Waals surface area contributed by atoms with E-state index < -0.39 is 0 Å². The van der Waals surface area contributed by atoms with Gasteiger partial charge in [-0.1, -0.05) is 32.1 Å². The lowest BCUT2D eigenvalue weighted by Gasteiger charge is -2.22. The zero-order valence-corrected chi connectivity index (χ0v) is 12.9. The summed E-state index contributed by atoms with van der Waals surface area (Å²) in [6.45, 7) is 14.2. The molecular formula is C17H31N. The molecule has 1 heteroatoms. The quantitative estimate of drug-likeness (QED) is 0.563. The Morgan fingerprint density at radius 2 is 2.06 bits per heavy atom. The zero-order valence-electron chi connectivity index (χ0n) is 12.9. The molecule has 18 heavy (non-hydrogen) atoms. The Hall–Kier alpha value is -0.720. The van der Waals surface area contributed by atoms with Crippen molar-refractivity contribution in [1.82, 2.24) is 4.90 Å². The van der Waals surface area contributed by atoms with Crippen molar-refractivity contribution in [1.29, 1.82) is 0 Å². The van der Waals surface area contributed by atoms with Crippen LogP contribution >= 0.6 is 0 Å². The fourth-order valence-corrected chi connectivity index (χ4v) is 2.77. The molecule has 0 spiro atoms. The largest absolute Gasteiger partial charge is 0.381 e. The standard InChI is InChI=1S/C17H31N/c1-7-13(3)17-12-16(17)11-15(5)14(4)9-10-18(6)8-2/h7-8,14-17H,2,9-12H2,1,3-6H3/b13-7+. The zero-order chi connectivity index (χ0) is 13.7. The van der Waals surface area contributed by atoms with Crippen LogP contribution in [0.1, 0.15) is 47.0 Å². The Bertz CT molecular complexity index is 292. The number of allylic oxidation sites excluding steroid dienone is 2. The normalized spacial score (nSPS) is 26.6. The molecule has 1 aliphatic carbocycles. The van der Waals surface area contributed by atoms with Crippen LogP contribution in [-0.2, 0) is 0 Å². The van der Waals surface area contributed by atoms with Gasteiger partial charge < -0.3 is 4.90 Å². The van der Waals surface area contributed by atoms with E-state index in [9.17, 15) is 0 Å². The molecule has 1 saturated carbocycles. The Morgan fingerprint density at radius 1 is 1.39 bits per heavy atom. The van der Waals surface area contributed by atoms with Gasteiger partial charge in [0, 0.05) is 13.6 Å². The van der Waals surface area contributed by atoms with Crippen LogP contribution in [0.15, 0.2) is 24.4 Å². The molecule has 0 N–H and O–H groups in total. The van der Waals surface area contributed by atoms with Gasteiger partial charge in [0.2, 0.25) is 0 Å². The van der Waals surface area contributed by atoms with E-state index in [0.717, 1.165) is 30.2 Å². The molecule has 1 rings (SSSR count). The number of hydrogen-bond acceptors (Lipinski definition) is 1. The predicted molar refractivity (Wildman–Crippen MR) is 81.4 cm³/mol. The van der Waals surface area contributed by atoms with Gasteiger partial charge >= 0.3 is 0 Å². The maximum Gasteiger partial charge on any atom is 0.0171 e. The molecule has 0 aromatic rings. The highest BCUT2D eigenvalue weighted by molar-refractivity contribution is 5.12. The van der Waals surface area contributed by atoms with Gasteiger partial charge in [-0.15, -0.1) is 0 Å². The van der Waals surface area contributed by atoms with Crippen LogP contribution in [0, 0.1) is 23.7 Å². The summed E-state index contributed by atoms with van der Waals surface area (Å²) in [5.74, 6) is 3.54. The van der Waals surface area contributed by atoms with E-state index in [2.05, 4.69) is 52.3 Å². The van der Waals surface area contributed by atoms with Crippen molar-refractivity contribution < 1.29 is 0 Å². The third kappa shape index (κ3) is 4.51. The van der Waals surface area contributed by atoms with Crippen LogP contribution < -0.4 is 0 Å². The number of nitrogens with zero attached hydrogens (tertiary/aromatic N) is 1. The summed E-state index contributed by atoms with van der Waals surface area (Å²) < 4.78 is 0. The van der Waals surface area contributed by atoms with Crippen LogP contribution in [0.3, 0.4) is 0 Å². The first-order chi connectivity index (χ1) is 8.49. The molecular weight excluding hydrogens is 218 g/mol. The maximum atomic E-state index is 3.80. The second-order valence-corrected chi connectivity index (χ2v) is 6.28.